The zero-order chi connectivity index (χ0) is 16.2. The summed E-state index contributed by atoms with van der Waals surface area (Å²) in [5.74, 6) is -0.0863. The van der Waals surface area contributed by atoms with Crippen LogP contribution in [0.5, 0.6) is 0 Å². The molecule has 118 valence electrons. The number of carbonyl (C=O) groups excluding carboxylic acids is 1. The van der Waals surface area contributed by atoms with Crippen molar-refractivity contribution in [1.82, 2.24) is 19.7 Å². The van der Waals surface area contributed by atoms with Crippen LogP contribution in [-0.2, 0) is 9.84 Å². The maximum atomic E-state index is 12.3. The molecule has 0 spiro atoms. The van der Waals surface area contributed by atoms with Crippen molar-refractivity contribution in [3.8, 4) is 0 Å². The van der Waals surface area contributed by atoms with E-state index in [1.54, 1.807) is 19.9 Å². The van der Waals surface area contributed by atoms with Gasteiger partial charge >= 0.3 is 6.03 Å². The summed E-state index contributed by atoms with van der Waals surface area (Å²) < 4.78 is 25.0. The molecule has 1 heterocycles. The Balaban J connectivity index is 3.02. The number of aromatic nitrogens is 3. The van der Waals surface area contributed by atoms with Crippen LogP contribution in [0.15, 0.2) is 24.1 Å². The highest BCUT2D eigenvalue weighted by Crippen LogP contribution is 2.10. The van der Waals surface area contributed by atoms with Crippen molar-refractivity contribution in [2.45, 2.75) is 38.9 Å². The zero-order valence-electron chi connectivity index (χ0n) is 12.9. The number of hydrogen-bond acceptors (Lipinski definition) is 5. The van der Waals surface area contributed by atoms with Crippen LogP contribution >= 0.6 is 0 Å². The maximum absolute atomic E-state index is 12.3. The molecule has 21 heavy (non-hydrogen) atoms. The highest BCUT2D eigenvalue weighted by Gasteiger charge is 2.24. The molecule has 1 aromatic rings. The lowest BCUT2D eigenvalue weighted by Gasteiger charge is -2.24. The van der Waals surface area contributed by atoms with E-state index in [-0.39, 0.29) is 22.9 Å². The highest BCUT2D eigenvalue weighted by atomic mass is 32.2. The third kappa shape index (κ3) is 4.38. The number of amides is 1. The van der Waals surface area contributed by atoms with Gasteiger partial charge in [-0.3, -0.25) is 0 Å². The van der Waals surface area contributed by atoms with Gasteiger partial charge in [0.25, 0.3) is 5.16 Å². The van der Waals surface area contributed by atoms with Crippen LogP contribution in [0, 0.1) is 5.92 Å². The first kappa shape index (κ1) is 17.4. The molecule has 0 aliphatic carbocycles. The van der Waals surface area contributed by atoms with Gasteiger partial charge in [0.15, 0.2) is 0 Å². The van der Waals surface area contributed by atoms with Gasteiger partial charge in [0.1, 0.15) is 6.33 Å². The minimum Gasteiger partial charge on any atom is -0.317 e. The lowest BCUT2D eigenvalue weighted by Crippen LogP contribution is -2.40. The Hall–Kier alpha value is -1.70. The van der Waals surface area contributed by atoms with Crippen molar-refractivity contribution in [3.05, 3.63) is 19.0 Å². The second-order valence-electron chi connectivity index (χ2n) is 5.46. The van der Waals surface area contributed by atoms with E-state index in [1.165, 1.54) is 4.90 Å². The Morgan fingerprint density at radius 2 is 2.05 bits per heavy atom. The lowest BCUT2D eigenvalue weighted by atomic mass is 10.3. The van der Waals surface area contributed by atoms with Crippen molar-refractivity contribution >= 4 is 15.9 Å². The van der Waals surface area contributed by atoms with Crippen molar-refractivity contribution in [2.24, 2.45) is 5.92 Å². The molecule has 1 rings (SSSR count). The van der Waals surface area contributed by atoms with Gasteiger partial charge in [-0.2, -0.15) is 4.68 Å². The molecular formula is C13H22N4O3S. The fourth-order valence-electron chi connectivity index (χ4n) is 1.78. The molecule has 7 nitrogen and oxygen atoms in total. The van der Waals surface area contributed by atoms with Gasteiger partial charge in [-0.05, 0) is 19.8 Å². The predicted octanol–water partition coefficient (Wildman–Crippen LogP) is 1.57. The molecule has 0 aliphatic rings. The quantitative estimate of drug-likeness (QED) is 0.744. The van der Waals surface area contributed by atoms with Gasteiger partial charge in [-0.1, -0.05) is 19.9 Å². The van der Waals surface area contributed by atoms with Crippen molar-refractivity contribution < 1.29 is 13.2 Å². The molecule has 0 saturated heterocycles. The fraction of sp³-hybridized carbons (Fsp3) is 0.615. The average Bonchev–Trinajstić information content (AvgIpc) is 2.83. The van der Waals surface area contributed by atoms with E-state index in [2.05, 4.69) is 16.7 Å². The Bertz CT molecular complexity index is 605. The molecule has 8 heteroatoms. The molecule has 0 N–H and O–H groups in total. The SMILES string of the molecule is C=CCN(C(=O)n1cnc(S(=O)(=O)CC(C)C)n1)C(C)C. The number of hydrogen-bond donors (Lipinski definition) is 0. The average molecular weight is 314 g/mol. The molecule has 1 amide bonds. The van der Waals surface area contributed by atoms with E-state index in [9.17, 15) is 13.2 Å². The Morgan fingerprint density at radius 1 is 1.43 bits per heavy atom. The number of nitrogens with zero attached hydrogens (tertiary/aromatic N) is 4. The molecule has 0 atom stereocenters. The molecular weight excluding hydrogens is 292 g/mol. The molecule has 0 aromatic carbocycles. The second-order valence-corrected chi connectivity index (χ2v) is 7.39. The van der Waals surface area contributed by atoms with E-state index >= 15 is 0 Å². The van der Waals surface area contributed by atoms with Crippen molar-refractivity contribution in [1.29, 1.82) is 0 Å². The van der Waals surface area contributed by atoms with Gasteiger partial charge in [-0.25, -0.2) is 18.2 Å². The van der Waals surface area contributed by atoms with Crippen LogP contribution in [0.25, 0.3) is 0 Å². The predicted molar refractivity (Wildman–Crippen MR) is 79.7 cm³/mol. The summed E-state index contributed by atoms with van der Waals surface area (Å²) in [7, 11) is -3.56. The van der Waals surface area contributed by atoms with Gasteiger partial charge in [-0.15, -0.1) is 11.7 Å². The summed E-state index contributed by atoms with van der Waals surface area (Å²) in [6.45, 7) is 11.3. The summed E-state index contributed by atoms with van der Waals surface area (Å²) >= 11 is 0. The molecule has 1 aromatic heterocycles. The monoisotopic (exact) mass is 314 g/mol. The smallest absolute Gasteiger partial charge is 0.317 e. The van der Waals surface area contributed by atoms with Gasteiger partial charge in [0, 0.05) is 12.6 Å². The van der Waals surface area contributed by atoms with E-state index in [0.717, 1.165) is 11.0 Å². The van der Waals surface area contributed by atoms with Crippen LogP contribution < -0.4 is 0 Å². The molecule has 0 bridgehead atoms. The van der Waals surface area contributed by atoms with Gasteiger partial charge in [0.05, 0.1) is 5.75 Å². The number of sulfone groups is 1. The van der Waals surface area contributed by atoms with Crippen molar-refractivity contribution in [3.63, 3.8) is 0 Å². The number of carbonyl (C=O) groups is 1. The van der Waals surface area contributed by atoms with Crippen LogP contribution in [-0.4, -0.2) is 52.5 Å². The largest absolute Gasteiger partial charge is 0.346 e. The topological polar surface area (TPSA) is 85.2 Å². The summed E-state index contributed by atoms with van der Waals surface area (Å²) in [6.07, 6.45) is 2.74. The van der Waals surface area contributed by atoms with Crippen LogP contribution in [0.2, 0.25) is 0 Å². The fourth-order valence-corrected chi connectivity index (χ4v) is 3.22. The molecule has 0 fully saturated rings. The summed E-state index contributed by atoms with van der Waals surface area (Å²) in [5.41, 5.74) is 0. The first-order valence-electron chi connectivity index (χ1n) is 6.75. The lowest BCUT2D eigenvalue weighted by molar-refractivity contribution is 0.188. The third-order valence-corrected chi connectivity index (χ3v) is 4.54. The van der Waals surface area contributed by atoms with Gasteiger partial charge < -0.3 is 4.90 Å². The minimum absolute atomic E-state index is 0.0365. The minimum atomic E-state index is -3.56. The summed E-state index contributed by atoms with van der Waals surface area (Å²) in [6, 6.07) is -0.487. The van der Waals surface area contributed by atoms with Crippen LogP contribution in [0.3, 0.4) is 0 Å². The number of rotatable bonds is 6. The summed E-state index contributed by atoms with van der Waals surface area (Å²) in [5, 5.41) is 3.50. The Morgan fingerprint density at radius 3 is 2.52 bits per heavy atom. The van der Waals surface area contributed by atoms with E-state index in [4.69, 9.17) is 0 Å². The van der Waals surface area contributed by atoms with E-state index in [0.29, 0.717) is 6.54 Å². The normalized spacial score (nSPS) is 11.9. The van der Waals surface area contributed by atoms with Crippen LogP contribution in [0.1, 0.15) is 27.7 Å². The Kier molecular flexibility index (Phi) is 5.65. The standard InChI is InChI=1S/C13H22N4O3S/c1-6-7-16(11(4)5)13(18)17-9-14-12(15-17)21(19,20)8-10(2)3/h6,9-11H,1,7-8H2,2-5H3. The Labute approximate surface area is 125 Å². The second kappa shape index (κ2) is 6.84. The maximum Gasteiger partial charge on any atom is 0.346 e. The van der Waals surface area contributed by atoms with Crippen LogP contribution in [0.4, 0.5) is 4.79 Å². The van der Waals surface area contributed by atoms with Gasteiger partial charge in [0.2, 0.25) is 9.84 Å². The molecule has 0 aliphatic heterocycles. The van der Waals surface area contributed by atoms with Crippen molar-refractivity contribution in [2.75, 3.05) is 12.3 Å². The third-order valence-electron chi connectivity index (χ3n) is 2.69. The molecule has 0 saturated carbocycles. The first-order valence-corrected chi connectivity index (χ1v) is 8.40. The zero-order valence-corrected chi connectivity index (χ0v) is 13.7. The molecule has 0 unspecified atom stereocenters. The molecule has 0 radical (unpaired) electrons. The van der Waals surface area contributed by atoms with E-state index in [1.807, 2.05) is 13.8 Å². The summed E-state index contributed by atoms with van der Waals surface area (Å²) in [4.78, 5) is 17.6. The van der Waals surface area contributed by atoms with E-state index < -0.39 is 15.9 Å². The first-order chi connectivity index (χ1) is 9.69. The highest BCUT2D eigenvalue weighted by molar-refractivity contribution is 7.91.